The lowest BCUT2D eigenvalue weighted by molar-refractivity contribution is -0.142. The van der Waals surface area contributed by atoms with Crippen LogP contribution in [-0.4, -0.2) is 23.6 Å². The Balaban J connectivity index is 1.57. The Morgan fingerprint density at radius 2 is 1.96 bits per heavy atom. The second-order valence-electron chi connectivity index (χ2n) is 6.41. The smallest absolute Gasteiger partial charge is 0.330 e. The van der Waals surface area contributed by atoms with Crippen molar-refractivity contribution in [2.45, 2.75) is 31.7 Å². The van der Waals surface area contributed by atoms with Crippen molar-refractivity contribution in [3.63, 3.8) is 0 Å². The third kappa shape index (κ3) is 4.61. The van der Waals surface area contributed by atoms with Crippen molar-refractivity contribution in [2.24, 2.45) is 0 Å². The number of fused-ring (bicyclic) bond motifs is 1. The van der Waals surface area contributed by atoms with E-state index in [1.165, 1.54) is 6.07 Å². The van der Waals surface area contributed by atoms with Gasteiger partial charge in [0.25, 0.3) is 0 Å². The van der Waals surface area contributed by atoms with E-state index in [2.05, 4.69) is 5.32 Å². The molecule has 5 nitrogen and oxygen atoms in total. The van der Waals surface area contributed by atoms with Gasteiger partial charge in [0.05, 0.1) is 6.61 Å². The van der Waals surface area contributed by atoms with Crippen LogP contribution < -0.4 is 10.1 Å². The highest BCUT2D eigenvalue weighted by Gasteiger charge is 2.24. The minimum absolute atomic E-state index is 0.0802. The summed E-state index contributed by atoms with van der Waals surface area (Å²) in [5.41, 5.74) is 1.99. The van der Waals surface area contributed by atoms with E-state index in [1.54, 1.807) is 18.2 Å². The number of rotatable bonds is 7. The van der Waals surface area contributed by atoms with Gasteiger partial charge >= 0.3 is 5.97 Å². The maximum absolute atomic E-state index is 13.2. The van der Waals surface area contributed by atoms with Crippen molar-refractivity contribution >= 4 is 11.9 Å². The summed E-state index contributed by atoms with van der Waals surface area (Å²) in [4.78, 5) is 23.7. The molecule has 0 spiro atoms. The summed E-state index contributed by atoms with van der Waals surface area (Å²) in [6.45, 7) is 0.562. The number of carbonyl (C=O) groups excluding carboxylic acids is 1. The Morgan fingerprint density at radius 3 is 2.70 bits per heavy atom. The first kappa shape index (κ1) is 18.8. The molecule has 2 aromatic rings. The zero-order valence-corrected chi connectivity index (χ0v) is 14.5. The van der Waals surface area contributed by atoms with Crippen LogP contribution in [0.2, 0.25) is 0 Å². The summed E-state index contributed by atoms with van der Waals surface area (Å²) >= 11 is 0. The summed E-state index contributed by atoms with van der Waals surface area (Å²) in [6.07, 6.45) is 1.56. The summed E-state index contributed by atoms with van der Waals surface area (Å²) < 4.78 is 31.5. The number of hydrogen-bond donors (Lipinski definition) is 2. The molecule has 3 rings (SSSR count). The molecular weight excluding hydrogens is 356 g/mol. The second kappa shape index (κ2) is 8.16. The molecule has 0 bridgehead atoms. The minimum Gasteiger partial charge on any atom is -0.493 e. The largest absolute Gasteiger partial charge is 0.493 e. The first-order chi connectivity index (χ1) is 12.9. The lowest BCUT2D eigenvalue weighted by Gasteiger charge is -2.16. The van der Waals surface area contributed by atoms with Crippen molar-refractivity contribution in [3.05, 3.63) is 64.7 Å². The number of aliphatic carboxylic acids is 1. The van der Waals surface area contributed by atoms with Gasteiger partial charge in [0.1, 0.15) is 5.75 Å². The monoisotopic (exact) mass is 375 g/mol. The van der Waals surface area contributed by atoms with Gasteiger partial charge in [0, 0.05) is 12.8 Å². The molecule has 0 aromatic heterocycles. The zero-order chi connectivity index (χ0) is 19.4. The number of ether oxygens (including phenoxy) is 1. The molecule has 1 unspecified atom stereocenters. The molecule has 1 aliphatic rings. The number of carboxylic acids is 1. The SMILES string of the molecule is O=C(CCCc1ccc(F)c(F)c1)NC(C(=O)O)c1ccc2c(c1)CCO2. The van der Waals surface area contributed by atoms with Crippen LogP contribution in [0, 0.1) is 11.6 Å². The Labute approximate surface area is 155 Å². The van der Waals surface area contributed by atoms with E-state index < -0.39 is 29.6 Å². The summed E-state index contributed by atoms with van der Waals surface area (Å²) in [7, 11) is 0. The van der Waals surface area contributed by atoms with Crippen molar-refractivity contribution < 1.29 is 28.2 Å². The molecular formula is C20H19F2NO4. The Kier molecular flexibility index (Phi) is 5.69. The van der Waals surface area contributed by atoms with Gasteiger partial charge in [-0.15, -0.1) is 0 Å². The average molecular weight is 375 g/mol. The lowest BCUT2D eigenvalue weighted by atomic mass is 10.0. The first-order valence-corrected chi connectivity index (χ1v) is 8.66. The van der Waals surface area contributed by atoms with Crippen LogP contribution in [0.1, 0.15) is 35.6 Å². The van der Waals surface area contributed by atoms with Crippen molar-refractivity contribution in [2.75, 3.05) is 6.61 Å². The van der Waals surface area contributed by atoms with Crippen molar-refractivity contribution in [1.82, 2.24) is 5.32 Å². The Hall–Kier alpha value is -2.96. The molecule has 1 atom stereocenters. The topological polar surface area (TPSA) is 75.6 Å². The number of aryl methyl sites for hydroxylation is 1. The molecule has 0 saturated heterocycles. The second-order valence-corrected chi connectivity index (χ2v) is 6.41. The maximum Gasteiger partial charge on any atom is 0.330 e. The van der Waals surface area contributed by atoms with E-state index >= 15 is 0 Å². The number of hydrogen-bond acceptors (Lipinski definition) is 3. The summed E-state index contributed by atoms with van der Waals surface area (Å²) in [6, 6.07) is 7.54. The molecule has 1 amide bonds. The highest BCUT2D eigenvalue weighted by atomic mass is 19.2. The van der Waals surface area contributed by atoms with Gasteiger partial charge in [-0.3, -0.25) is 4.79 Å². The number of carboxylic acid groups (broad SMARTS) is 1. The van der Waals surface area contributed by atoms with Crippen LogP contribution in [0.5, 0.6) is 5.75 Å². The maximum atomic E-state index is 13.2. The molecule has 0 radical (unpaired) electrons. The van der Waals surface area contributed by atoms with E-state index in [0.29, 0.717) is 37.0 Å². The number of nitrogens with one attached hydrogen (secondary N) is 1. The van der Waals surface area contributed by atoms with Gasteiger partial charge in [-0.05, 0) is 53.8 Å². The first-order valence-electron chi connectivity index (χ1n) is 8.66. The van der Waals surface area contributed by atoms with Crippen LogP contribution in [0.15, 0.2) is 36.4 Å². The van der Waals surface area contributed by atoms with E-state index in [1.807, 2.05) is 0 Å². The van der Waals surface area contributed by atoms with Gasteiger partial charge in [0.2, 0.25) is 5.91 Å². The summed E-state index contributed by atoms with van der Waals surface area (Å²) in [5, 5.41) is 12.0. The number of benzene rings is 2. The number of halogens is 2. The molecule has 2 N–H and O–H groups in total. The third-order valence-electron chi connectivity index (χ3n) is 4.45. The summed E-state index contributed by atoms with van der Waals surface area (Å²) in [5.74, 6) is -2.67. The highest BCUT2D eigenvalue weighted by molar-refractivity contribution is 5.84. The van der Waals surface area contributed by atoms with Gasteiger partial charge in [0.15, 0.2) is 17.7 Å². The van der Waals surface area contributed by atoms with Crippen molar-refractivity contribution in [1.29, 1.82) is 0 Å². The van der Waals surface area contributed by atoms with E-state index in [9.17, 15) is 23.5 Å². The van der Waals surface area contributed by atoms with Gasteiger partial charge in [-0.1, -0.05) is 12.1 Å². The normalized spacial score (nSPS) is 13.6. The molecule has 27 heavy (non-hydrogen) atoms. The lowest BCUT2D eigenvalue weighted by Crippen LogP contribution is -2.33. The van der Waals surface area contributed by atoms with E-state index in [4.69, 9.17) is 4.74 Å². The minimum atomic E-state index is -1.15. The quantitative estimate of drug-likeness (QED) is 0.780. The molecule has 142 valence electrons. The number of amides is 1. The fourth-order valence-electron chi connectivity index (χ4n) is 3.06. The Bertz CT molecular complexity index is 869. The molecule has 1 heterocycles. The third-order valence-corrected chi connectivity index (χ3v) is 4.45. The van der Waals surface area contributed by atoms with Crippen LogP contribution in [0.4, 0.5) is 8.78 Å². The predicted molar refractivity (Wildman–Crippen MR) is 93.5 cm³/mol. The fourth-order valence-corrected chi connectivity index (χ4v) is 3.06. The molecule has 0 aliphatic carbocycles. The molecule has 0 saturated carbocycles. The zero-order valence-electron chi connectivity index (χ0n) is 14.5. The van der Waals surface area contributed by atoms with Crippen LogP contribution in [0.25, 0.3) is 0 Å². The predicted octanol–water partition coefficient (Wildman–Crippen LogP) is 3.16. The standard InChI is InChI=1S/C20H19F2NO4/c21-15-6-4-12(10-16(15)22)2-1-3-18(24)23-19(20(25)26)14-5-7-17-13(11-14)8-9-27-17/h4-7,10-11,19H,1-3,8-9H2,(H,23,24)(H,25,26). The average Bonchev–Trinajstić information content (AvgIpc) is 3.10. The van der Waals surface area contributed by atoms with E-state index in [-0.39, 0.29) is 6.42 Å². The van der Waals surface area contributed by atoms with E-state index in [0.717, 1.165) is 23.4 Å². The Morgan fingerprint density at radius 1 is 1.15 bits per heavy atom. The van der Waals surface area contributed by atoms with Gasteiger partial charge < -0.3 is 15.2 Å². The molecule has 2 aromatic carbocycles. The molecule has 1 aliphatic heterocycles. The van der Waals surface area contributed by atoms with Crippen LogP contribution in [0.3, 0.4) is 0 Å². The van der Waals surface area contributed by atoms with Crippen LogP contribution >= 0.6 is 0 Å². The number of carbonyl (C=O) groups is 2. The highest BCUT2D eigenvalue weighted by Crippen LogP contribution is 2.28. The fraction of sp³-hybridized carbons (Fsp3) is 0.300. The van der Waals surface area contributed by atoms with Gasteiger partial charge in [-0.2, -0.15) is 0 Å². The van der Waals surface area contributed by atoms with Gasteiger partial charge in [-0.25, -0.2) is 13.6 Å². The van der Waals surface area contributed by atoms with Crippen molar-refractivity contribution in [3.8, 4) is 5.75 Å². The molecule has 7 heteroatoms. The molecule has 0 fully saturated rings. The van der Waals surface area contributed by atoms with Crippen LogP contribution in [-0.2, 0) is 22.4 Å².